The van der Waals surface area contributed by atoms with Crippen LogP contribution < -0.4 is 0 Å². The summed E-state index contributed by atoms with van der Waals surface area (Å²) >= 11 is 5.96. The standard InChI is InChI=1S/C14H8ClFN2O3/c1-7-4-9(18(19)20)6-12-13(7)21-14(17-12)10-3-2-8(16)5-11(10)15/h2-6H,1H3. The molecule has 7 heteroatoms. The van der Waals surface area contributed by atoms with E-state index in [4.69, 9.17) is 16.0 Å². The molecule has 2 aromatic carbocycles. The Morgan fingerprint density at radius 3 is 2.76 bits per heavy atom. The third kappa shape index (κ3) is 2.34. The van der Waals surface area contributed by atoms with Crippen molar-refractivity contribution in [1.29, 1.82) is 0 Å². The molecule has 1 heterocycles. The van der Waals surface area contributed by atoms with Crippen LogP contribution in [0.3, 0.4) is 0 Å². The molecule has 0 spiro atoms. The van der Waals surface area contributed by atoms with Crippen molar-refractivity contribution in [3.05, 3.63) is 56.8 Å². The van der Waals surface area contributed by atoms with Crippen molar-refractivity contribution in [2.45, 2.75) is 6.92 Å². The second kappa shape index (κ2) is 4.82. The highest BCUT2D eigenvalue weighted by molar-refractivity contribution is 6.33. The number of fused-ring (bicyclic) bond motifs is 1. The summed E-state index contributed by atoms with van der Waals surface area (Å²) in [6, 6.07) is 6.58. The minimum Gasteiger partial charge on any atom is -0.436 e. The molecule has 0 bridgehead atoms. The van der Waals surface area contributed by atoms with Gasteiger partial charge in [0.05, 0.1) is 15.5 Å². The van der Waals surface area contributed by atoms with Crippen molar-refractivity contribution in [1.82, 2.24) is 4.98 Å². The summed E-state index contributed by atoms with van der Waals surface area (Å²) in [6.45, 7) is 1.69. The Morgan fingerprint density at radius 1 is 1.33 bits per heavy atom. The number of hydrogen-bond acceptors (Lipinski definition) is 4. The minimum atomic E-state index is -0.494. The number of benzene rings is 2. The summed E-state index contributed by atoms with van der Waals surface area (Å²) < 4.78 is 18.7. The Kier molecular flexibility index (Phi) is 3.10. The average Bonchev–Trinajstić information content (AvgIpc) is 2.82. The number of aromatic nitrogens is 1. The fourth-order valence-corrected chi connectivity index (χ4v) is 2.31. The van der Waals surface area contributed by atoms with Gasteiger partial charge in [-0.3, -0.25) is 10.1 Å². The van der Waals surface area contributed by atoms with Gasteiger partial charge < -0.3 is 4.42 Å². The lowest BCUT2D eigenvalue weighted by atomic mass is 10.2. The first-order valence-electron chi connectivity index (χ1n) is 5.96. The van der Waals surface area contributed by atoms with Crippen molar-refractivity contribution in [3.63, 3.8) is 0 Å². The average molecular weight is 307 g/mol. The van der Waals surface area contributed by atoms with E-state index in [9.17, 15) is 14.5 Å². The molecule has 0 atom stereocenters. The number of nitro groups is 1. The predicted molar refractivity (Wildman–Crippen MR) is 75.8 cm³/mol. The molecular weight excluding hydrogens is 299 g/mol. The number of non-ortho nitro benzene ring substituents is 1. The van der Waals surface area contributed by atoms with Crippen LogP contribution in [0.4, 0.5) is 10.1 Å². The second-order valence-electron chi connectivity index (χ2n) is 4.51. The first kappa shape index (κ1) is 13.5. The summed E-state index contributed by atoms with van der Waals surface area (Å²) in [4.78, 5) is 14.6. The topological polar surface area (TPSA) is 69.2 Å². The largest absolute Gasteiger partial charge is 0.436 e. The Bertz CT molecular complexity index is 876. The summed E-state index contributed by atoms with van der Waals surface area (Å²) in [7, 11) is 0. The summed E-state index contributed by atoms with van der Waals surface area (Å²) in [5.74, 6) is -0.273. The Hall–Kier alpha value is -2.47. The number of halogens is 2. The van der Waals surface area contributed by atoms with Gasteiger partial charge in [0.2, 0.25) is 5.89 Å². The van der Waals surface area contributed by atoms with Crippen LogP contribution in [0.25, 0.3) is 22.6 Å². The molecule has 0 saturated heterocycles. The molecule has 0 aliphatic carbocycles. The quantitative estimate of drug-likeness (QED) is 0.516. The van der Waals surface area contributed by atoms with Gasteiger partial charge in [-0.15, -0.1) is 0 Å². The maximum Gasteiger partial charge on any atom is 0.272 e. The maximum absolute atomic E-state index is 13.1. The zero-order valence-electron chi connectivity index (χ0n) is 10.8. The van der Waals surface area contributed by atoms with E-state index in [-0.39, 0.29) is 16.6 Å². The highest BCUT2D eigenvalue weighted by Crippen LogP contribution is 2.33. The fourth-order valence-electron chi connectivity index (χ4n) is 2.06. The first-order valence-corrected chi connectivity index (χ1v) is 6.34. The van der Waals surface area contributed by atoms with Gasteiger partial charge in [-0.25, -0.2) is 9.37 Å². The molecular formula is C14H8ClFN2O3. The second-order valence-corrected chi connectivity index (χ2v) is 4.92. The van der Waals surface area contributed by atoms with Gasteiger partial charge in [0.25, 0.3) is 5.69 Å². The molecule has 5 nitrogen and oxygen atoms in total. The molecule has 0 saturated carbocycles. The van der Waals surface area contributed by atoms with Crippen molar-refractivity contribution in [2.24, 2.45) is 0 Å². The van der Waals surface area contributed by atoms with Crippen LogP contribution in [-0.2, 0) is 0 Å². The molecule has 0 aliphatic heterocycles. The Labute approximate surface area is 123 Å². The highest BCUT2D eigenvalue weighted by Gasteiger charge is 2.17. The summed E-state index contributed by atoms with van der Waals surface area (Å²) in [6.07, 6.45) is 0. The normalized spacial score (nSPS) is 11.0. The SMILES string of the molecule is Cc1cc([N+](=O)[O-])cc2nc(-c3ccc(F)cc3Cl)oc12. The summed E-state index contributed by atoms with van der Waals surface area (Å²) in [5, 5.41) is 11.0. The lowest BCUT2D eigenvalue weighted by Crippen LogP contribution is -1.88. The van der Waals surface area contributed by atoms with Gasteiger partial charge >= 0.3 is 0 Å². The molecule has 0 fully saturated rings. The van der Waals surface area contributed by atoms with Gasteiger partial charge in [0.15, 0.2) is 5.58 Å². The van der Waals surface area contributed by atoms with Crippen molar-refractivity contribution in [2.75, 3.05) is 0 Å². The van der Waals surface area contributed by atoms with E-state index in [0.717, 1.165) is 6.07 Å². The number of nitro benzene ring substituents is 1. The van der Waals surface area contributed by atoms with E-state index >= 15 is 0 Å². The third-order valence-corrected chi connectivity index (χ3v) is 3.35. The van der Waals surface area contributed by atoms with Crippen LogP contribution in [0.1, 0.15) is 5.56 Å². The van der Waals surface area contributed by atoms with Crippen molar-refractivity contribution < 1.29 is 13.7 Å². The van der Waals surface area contributed by atoms with E-state index in [2.05, 4.69) is 4.98 Å². The molecule has 3 rings (SSSR count). The molecule has 0 aliphatic rings. The minimum absolute atomic E-state index is 0.0648. The molecule has 106 valence electrons. The first-order chi connectivity index (χ1) is 9.95. The fraction of sp³-hybridized carbons (Fsp3) is 0.0714. The lowest BCUT2D eigenvalue weighted by Gasteiger charge is -1.98. The highest BCUT2D eigenvalue weighted by atomic mass is 35.5. The van der Waals surface area contributed by atoms with E-state index in [1.807, 2.05) is 0 Å². The monoisotopic (exact) mass is 306 g/mol. The van der Waals surface area contributed by atoms with Crippen LogP contribution in [0, 0.1) is 22.9 Å². The number of hydrogen-bond donors (Lipinski definition) is 0. The van der Waals surface area contributed by atoms with Gasteiger partial charge in [0, 0.05) is 17.7 Å². The number of rotatable bonds is 2. The zero-order chi connectivity index (χ0) is 15.1. The van der Waals surface area contributed by atoms with Crippen LogP contribution in [0.15, 0.2) is 34.7 Å². The lowest BCUT2D eigenvalue weighted by molar-refractivity contribution is -0.384. The van der Waals surface area contributed by atoms with Crippen LogP contribution >= 0.6 is 11.6 Å². The van der Waals surface area contributed by atoms with E-state index in [0.29, 0.717) is 22.2 Å². The van der Waals surface area contributed by atoms with Crippen molar-refractivity contribution >= 4 is 28.4 Å². The van der Waals surface area contributed by atoms with E-state index in [1.165, 1.54) is 24.3 Å². The molecule has 0 radical (unpaired) electrons. The van der Waals surface area contributed by atoms with Crippen molar-refractivity contribution in [3.8, 4) is 11.5 Å². The molecule has 0 unspecified atom stereocenters. The molecule has 3 aromatic rings. The van der Waals surface area contributed by atoms with Gasteiger partial charge in [-0.2, -0.15) is 0 Å². The number of aryl methyl sites for hydroxylation is 1. The molecule has 1 aromatic heterocycles. The Morgan fingerprint density at radius 2 is 2.10 bits per heavy atom. The van der Waals surface area contributed by atoms with Crippen LogP contribution in [-0.4, -0.2) is 9.91 Å². The predicted octanol–water partition coefficient (Wildman–Crippen LogP) is 4.50. The smallest absolute Gasteiger partial charge is 0.272 e. The zero-order valence-corrected chi connectivity index (χ0v) is 11.5. The van der Waals surface area contributed by atoms with E-state index in [1.54, 1.807) is 6.92 Å². The molecule has 0 amide bonds. The van der Waals surface area contributed by atoms with E-state index < -0.39 is 10.7 Å². The van der Waals surface area contributed by atoms with Gasteiger partial charge in [0.1, 0.15) is 11.3 Å². The molecule has 0 N–H and O–H groups in total. The number of oxazole rings is 1. The van der Waals surface area contributed by atoms with Crippen LogP contribution in [0.5, 0.6) is 0 Å². The maximum atomic E-state index is 13.1. The molecule has 21 heavy (non-hydrogen) atoms. The summed E-state index contributed by atoms with van der Waals surface area (Å²) in [5.41, 5.74) is 1.76. The van der Waals surface area contributed by atoms with Gasteiger partial charge in [-0.1, -0.05) is 11.6 Å². The third-order valence-electron chi connectivity index (χ3n) is 3.03. The van der Waals surface area contributed by atoms with Crippen LogP contribution in [0.2, 0.25) is 5.02 Å². The van der Waals surface area contributed by atoms with Gasteiger partial charge in [-0.05, 0) is 25.1 Å². The number of nitrogens with zero attached hydrogens (tertiary/aromatic N) is 2. The Balaban J connectivity index is 2.21.